The fourth-order valence-corrected chi connectivity index (χ4v) is 1.60. The molecular weight excluding hydrogens is 268 g/mol. The fraction of sp³-hybridized carbons (Fsp3) is 0.765. The molecule has 0 heterocycles. The molecule has 0 N–H and O–H groups in total. The summed E-state index contributed by atoms with van der Waals surface area (Å²) >= 11 is 0. The Morgan fingerprint density at radius 2 is 1.48 bits per heavy atom. The molecule has 4 heteroatoms. The molecule has 0 saturated carbocycles. The van der Waals surface area contributed by atoms with Crippen LogP contribution in [-0.2, 0) is 19.1 Å². The van der Waals surface area contributed by atoms with Crippen molar-refractivity contribution in [3.05, 3.63) is 12.2 Å². The van der Waals surface area contributed by atoms with Gasteiger partial charge < -0.3 is 9.47 Å². The highest BCUT2D eigenvalue weighted by atomic mass is 16.5. The zero-order chi connectivity index (χ0) is 16.1. The fourth-order valence-electron chi connectivity index (χ4n) is 1.60. The molecule has 0 radical (unpaired) electrons. The zero-order valence-electron chi connectivity index (χ0n) is 13.9. The second-order valence-electron chi connectivity index (χ2n) is 5.65. The van der Waals surface area contributed by atoms with E-state index >= 15 is 0 Å². The van der Waals surface area contributed by atoms with Gasteiger partial charge in [-0.25, -0.2) is 9.59 Å². The van der Waals surface area contributed by atoms with Gasteiger partial charge in [-0.3, -0.25) is 0 Å². The first-order chi connectivity index (χ1) is 9.97. The SMILES string of the molecule is CCCCCCCCOC(=O)/C=C/C(=O)OC(C)C(C)C. The molecule has 0 rings (SSSR count). The third-order valence-electron chi connectivity index (χ3n) is 3.34. The maximum Gasteiger partial charge on any atom is 0.331 e. The van der Waals surface area contributed by atoms with E-state index < -0.39 is 11.9 Å². The van der Waals surface area contributed by atoms with Gasteiger partial charge in [0.05, 0.1) is 6.61 Å². The second kappa shape index (κ2) is 12.4. The van der Waals surface area contributed by atoms with E-state index in [0.29, 0.717) is 6.61 Å². The van der Waals surface area contributed by atoms with Crippen molar-refractivity contribution in [3.63, 3.8) is 0 Å². The number of hydrogen-bond acceptors (Lipinski definition) is 4. The van der Waals surface area contributed by atoms with Gasteiger partial charge in [0.2, 0.25) is 0 Å². The maximum absolute atomic E-state index is 11.4. The first-order valence-electron chi connectivity index (χ1n) is 8.02. The standard InChI is InChI=1S/C17H30O4/c1-5-6-7-8-9-10-13-20-16(18)11-12-17(19)21-15(4)14(2)3/h11-12,14-15H,5-10,13H2,1-4H3/b12-11+. The van der Waals surface area contributed by atoms with Gasteiger partial charge >= 0.3 is 11.9 Å². The quantitative estimate of drug-likeness (QED) is 0.328. The third-order valence-corrected chi connectivity index (χ3v) is 3.34. The number of unbranched alkanes of at least 4 members (excludes halogenated alkanes) is 5. The van der Waals surface area contributed by atoms with E-state index in [0.717, 1.165) is 25.0 Å². The van der Waals surface area contributed by atoms with E-state index in [9.17, 15) is 9.59 Å². The van der Waals surface area contributed by atoms with Crippen LogP contribution in [0.4, 0.5) is 0 Å². The molecule has 4 nitrogen and oxygen atoms in total. The van der Waals surface area contributed by atoms with Crippen LogP contribution in [0.15, 0.2) is 12.2 Å². The Hall–Kier alpha value is -1.32. The highest BCUT2D eigenvalue weighted by Crippen LogP contribution is 2.06. The maximum atomic E-state index is 11.4. The normalized spacial score (nSPS) is 12.6. The van der Waals surface area contributed by atoms with Gasteiger partial charge in [-0.05, 0) is 19.3 Å². The summed E-state index contributed by atoms with van der Waals surface area (Å²) in [6, 6.07) is 0. The lowest BCUT2D eigenvalue weighted by Gasteiger charge is -2.14. The summed E-state index contributed by atoms with van der Waals surface area (Å²) in [5.41, 5.74) is 0. The Bertz CT molecular complexity index is 321. The van der Waals surface area contributed by atoms with Gasteiger partial charge in [0.15, 0.2) is 0 Å². The summed E-state index contributed by atoms with van der Waals surface area (Å²) in [6.45, 7) is 8.36. The van der Waals surface area contributed by atoms with E-state index in [-0.39, 0.29) is 12.0 Å². The monoisotopic (exact) mass is 298 g/mol. The molecule has 21 heavy (non-hydrogen) atoms. The van der Waals surface area contributed by atoms with E-state index in [1.807, 2.05) is 20.8 Å². The first-order valence-corrected chi connectivity index (χ1v) is 8.02. The van der Waals surface area contributed by atoms with Crippen molar-refractivity contribution in [1.82, 2.24) is 0 Å². The average Bonchev–Trinajstić information content (AvgIpc) is 2.44. The molecule has 0 amide bonds. The van der Waals surface area contributed by atoms with Crippen molar-refractivity contribution in [2.24, 2.45) is 5.92 Å². The minimum atomic E-state index is -0.507. The topological polar surface area (TPSA) is 52.6 Å². The Labute approximate surface area is 128 Å². The van der Waals surface area contributed by atoms with Gasteiger partial charge in [-0.1, -0.05) is 52.9 Å². The van der Waals surface area contributed by atoms with Gasteiger partial charge in [-0.2, -0.15) is 0 Å². The predicted octanol–water partition coefficient (Wildman–Crippen LogP) is 4.03. The average molecular weight is 298 g/mol. The molecule has 0 aliphatic heterocycles. The van der Waals surface area contributed by atoms with Crippen molar-refractivity contribution >= 4 is 11.9 Å². The minimum Gasteiger partial charge on any atom is -0.463 e. The Kier molecular flexibility index (Phi) is 11.6. The van der Waals surface area contributed by atoms with Crippen LogP contribution in [0, 0.1) is 5.92 Å². The lowest BCUT2D eigenvalue weighted by atomic mass is 10.1. The van der Waals surface area contributed by atoms with Gasteiger partial charge in [0, 0.05) is 12.2 Å². The van der Waals surface area contributed by atoms with Crippen LogP contribution < -0.4 is 0 Å². The number of rotatable bonds is 11. The van der Waals surface area contributed by atoms with Crippen LogP contribution in [0.25, 0.3) is 0 Å². The number of ether oxygens (including phenoxy) is 2. The number of esters is 2. The van der Waals surface area contributed by atoms with E-state index in [1.54, 1.807) is 0 Å². The molecule has 0 aliphatic carbocycles. The summed E-state index contributed by atoms with van der Waals surface area (Å²) in [4.78, 5) is 22.8. The minimum absolute atomic E-state index is 0.165. The lowest BCUT2D eigenvalue weighted by molar-refractivity contribution is -0.145. The van der Waals surface area contributed by atoms with Crippen LogP contribution >= 0.6 is 0 Å². The molecule has 0 aromatic rings. The summed E-state index contributed by atoms with van der Waals surface area (Å²) in [7, 11) is 0. The van der Waals surface area contributed by atoms with Crippen LogP contribution in [0.3, 0.4) is 0 Å². The van der Waals surface area contributed by atoms with Crippen molar-refractivity contribution in [2.45, 2.75) is 72.3 Å². The van der Waals surface area contributed by atoms with Crippen LogP contribution in [0.1, 0.15) is 66.2 Å². The molecule has 0 spiro atoms. The lowest BCUT2D eigenvalue weighted by Crippen LogP contribution is -2.19. The van der Waals surface area contributed by atoms with E-state index in [4.69, 9.17) is 9.47 Å². The van der Waals surface area contributed by atoms with E-state index in [2.05, 4.69) is 6.92 Å². The van der Waals surface area contributed by atoms with Crippen molar-refractivity contribution in [2.75, 3.05) is 6.61 Å². The van der Waals surface area contributed by atoms with Crippen molar-refractivity contribution in [1.29, 1.82) is 0 Å². The smallest absolute Gasteiger partial charge is 0.331 e. The Balaban J connectivity index is 3.69. The van der Waals surface area contributed by atoms with E-state index in [1.165, 1.54) is 25.7 Å². The number of hydrogen-bond donors (Lipinski definition) is 0. The Morgan fingerprint density at radius 1 is 0.905 bits per heavy atom. The summed E-state index contributed by atoms with van der Waals surface area (Å²) in [6.07, 6.45) is 8.95. The van der Waals surface area contributed by atoms with Gasteiger partial charge in [0.1, 0.15) is 6.10 Å². The molecule has 122 valence electrons. The molecule has 0 aromatic carbocycles. The number of carbonyl (C=O) groups excluding carboxylic acids is 2. The molecule has 0 fully saturated rings. The van der Waals surface area contributed by atoms with Gasteiger partial charge in [-0.15, -0.1) is 0 Å². The Morgan fingerprint density at radius 3 is 2.10 bits per heavy atom. The molecule has 0 saturated heterocycles. The second-order valence-corrected chi connectivity index (χ2v) is 5.65. The number of carbonyl (C=O) groups is 2. The zero-order valence-corrected chi connectivity index (χ0v) is 13.9. The molecule has 0 bridgehead atoms. The molecule has 1 unspecified atom stereocenters. The highest BCUT2D eigenvalue weighted by molar-refractivity contribution is 5.91. The predicted molar refractivity (Wildman–Crippen MR) is 83.9 cm³/mol. The van der Waals surface area contributed by atoms with Crippen molar-refractivity contribution in [3.8, 4) is 0 Å². The first kappa shape index (κ1) is 19.7. The molecular formula is C17H30O4. The molecule has 1 atom stereocenters. The largest absolute Gasteiger partial charge is 0.463 e. The van der Waals surface area contributed by atoms with Crippen molar-refractivity contribution < 1.29 is 19.1 Å². The summed E-state index contributed by atoms with van der Waals surface area (Å²) in [5.74, 6) is -0.743. The third kappa shape index (κ3) is 12.2. The van der Waals surface area contributed by atoms with Crippen LogP contribution in [0.5, 0.6) is 0 Å². The molecule has 0 aromatic heterocycles. The van der Waals surface area contributed by atoms with Crippen LogP contribution in [-0.4, -0.2) is 24.6 Å². The van der Waals surface area contributed by atoms with Gasteiger partial charge in [0.25, 0.3) is 0 Å². The van der Waals surface area contributed by atoms with Crippen LogP contribution in [0.2, 0.25) is 0 Å². The molecule has 0 aliphatic rings. The summed E-state index contributed by atoms with van der Waals surface area (Å²) < 4.78 is 10.1. The highest BCUT2D eigenvalue weighted by Gasteiger charge is 2.11. The summed E-state index contributed by atoms with van der Waals surface area (Å²) in [5, 5.41) is 0.